The average molecular weight is 360 g/mol. The summed E-state index contributed by atoms with van der Waals surface area (Å²) in [6.07, 6.45) is 3.25. The number of allylic oxidation sites excluding steroid dienone is 3. The van der Waals surface area contributed by atoms with E-state index in [1.807, 2.05) is 0 Å². The number of anilines is 1. The molecule has 0 radical (unpaired) electrons. The molecule has 1 saturated heterocycles. The molecule has 1 aromatic rings. The summed E-state index contributed by atoms with van der Waals surface area (Å²) in [6, 6.07) is 4.31. The fraction of sp³-hybridized carbons (Fsp3) is 0.450. The van der Waals surface area contributed by atoms with Crippen LogP contribution in [0.2, 0.25) is 0 Å². The number of fused-ring (bicyclic) bond motifs is 2. The van der Waals surface area contributed by atoms with Gasteiger partial charge < -0.3 is 15.0 Å². The molecule has 2 aliphatic heterocycles. The van der Waals surface area contributed by atoms with Gasteiger partial charge in [0.05, 0.1) is 17.1 Å². The van der Waals surface area contributed by atoms with Crippen molar-refractivity contribution in [2.24, 2.45) is 5.92 Å². The largest absolute Gasteiger partial charge is 0.488 e. The summed E-state index contributed by atoms with van der Waals surface area (Å²) in [5.74, 6) is -1.07. The summed E-state index contributed by atoms with van der Waals surface area (Å²) in [4.78, 5) is 14.8. The second-order valence-corrected chi connectivity index (χ2v) is 7.60. The number of amides is 1. The van der Waals surface area contributed by atoms with E-state index < -0.39 is 29.2 Å². The van der Waals surface area contributed by atoms with Crippen LogP contribution in [0.1, 0.15) is 25.8 Å². The third-order valence-corrected chi connectivity index (χ3v) is 5.66. The highest BCUT2D eigenvalue weighted by molar-refractivity contribution is 6.08. The molecule has 1 aromatic carbocycles. The number of nitrogens with one attached hydrogen (secondary N) is 1. The summed E-state index contributed by atoms with van der Waals surface area (Å²) >= 11 is 0. The highest BCUT2D eigenvalue weighted by Gasteiger charge is 2.55. The van der Waals surface area contributed by atoms with Crippen LogP contribution in [-0.2, 0) is 14.9 Å². The van der Waals surface area contributed by atoms with Gasteiger partial charge in [0.15, 0.2) is 5.83 Å². The number of hydrogen-bond donors (Lipinski definition) is 1. The van der Waals surface area contributed by atoms with E-state index in [1.54, 1.807) is 39.1 Å². The third kappa shape index (κ3) is 2.24. The van der Waals surface area contributed by atoms with Crippen molar-refractivity contribution in [2.45, 2.75) is 37.8 Å². The second-order valence-electron chi connectivity index (χ2n) is 7.60. The Bertz CT molecular complexity index is 831. The SMILES string of the molecule is CNC[C@@H]1OC2=C(F)C=CCC2[C@H]1N1C(=O)C(C)(C)c2cccc(F)c21. The molecule has 138 valence electrons. The number of hydrogen-bond acceptors (Lipinski definition) is 3. The molecular weight excluding hydrogens is 338 g/mol. The van der Waals surface area contributed by atoms with E-state index in [4.69, 9.17) is 4.74 Å². The molecular formula is C20H22F2N2O2. The van der Waals surface area contributed by atoms with Crippen LogP contribution in [0.4, 0.5) is 14.5 Å². The first-order valence-corrected chi connectivity index (χ1v) is 8.88. The van der Waals surface area contributed by atoms with E-state index in [0.717, 1.165) is 0 Å². The standard InChI is InChI=1S/C20H22F2N2O2/c1-20(2)12-7-5-8-13(21)17(12)24(19(20)25)16-11-6-4-9-14(22)18(11)26-15(16)10-23-3/h4-5,7-9,11,15-16,23H,6,10H2,1-3H3/t11?,15-,16+/m0/s1. The van der Waals surface area contributed by atoms with Gasteiger partial charge in [0.25, 0.3) is 0 Å². The Kier molecular flexibility index (Phi) is 3.91. The predicted octanol–water partition coefficient (Wildman–Crippen LogP) is 3.19. The fourth-order valence-corrected chi connectivity index (χ4v) is 4.39. The van der Waals surface area contributed by atoms with Gasteiger partial charge in [-0.2, -0.15) is 0 Å². The van der Waals surface area contributed by atoms with E-state index in [2.05, 4.69) is 5.32 Å². The summed E-state index contributed by atoms with van der Waals surface area (Å²) in [6.45, 7) is 4.04. The zero-order chi connectivity index (χ0) is 18.6. The van der Waals surface area contributed by atoms with Crippen molar-refractivity contribution in [1.29, 1.82) is 0 Å². The molecule has 3 aliphatic rings. The first-order valence-electron chi connectivity index (χ1n) is 8.88. The van der Waals surface area contributed by atoms with Crippen LogP contribution in [0.5, 0.6) is 0 Å². The molecule has 1 unspecified atom stereocenters. The lowest BCUT2D eigenvalue weighted by Crippen LogP contribution is -2.51. The first kappa shape index (κ1) is 17.2. The van der Waals surface area contributed by atoms with E-state index >= 15 is 0 Å². The molecule has 4 nitrogen and oxygen atoms in total. The number of carbonyl (C=O) groups is 1. The second kappa shape index (κ2) is 5.91. The summed E-state index contributed by atoms with van der Waals surface area (Å²) in [7, 11) is 1.77. The van der Waals surface area contributed by atoms with E-state index in [-0.39, 0.29) is 17.6 Å². The van der Waals surface area contributed by atoms with Gasteiger partial charge in [-0.15, -0.1) is 0 Å². The van der Waals surface area contributed by atoms with Crippen LogP contribution in [0.15, 0.2) is 41.9 Å². The van der Waals surface area contributed by atoms with Crippen LogP contribution in [0.3, 0.4) is 0 Å². The Balaban J connectivity index is 1.86. The van der Waals surface area contributed by atoms with Crippen LogP contribution >= 0.6 is 0 Å². The van der Waals surface area contributed by atoms with Gasteiger partial charge in [-0.25, -0.2) is 8.78 Å². The van der Waals surface area contributed by atoms with Crippen LogP contribution in [-0.4, -0.2) is 31.6 Å². The Morgan fingerprint density at radius 3 is 2.85 bits per heavy atom. The quantitative estimate of drug-likeness (QED) is 0.900. The van der Waals surface area contributed by atoms with E-state index in [9.17, 15) is 13.6 Å². The van der Waals surface area contributed by atoms with Crippen LogP contribution < -0.4 is 10.2 Å². The van der Waals surface area contributed by atoms with Gasteiger partial charge in [0, 0.05) is 12.5 Å². The van der Waals surface area contributed by atoms with Crippen molar-refractivity contribution >= 4 is 11.6 Å². The lowest BCUT2D eigenvalue weighted by Gasteiger charge is -2.33. The highest BCUT2D eigenvalue weighted by Crippen LogP contribution is 2.49. The molecule has 1 fully saturated rings. The van der Waals surface area contributed by atoms with E-state index in [0.29, 0.717) is 24.2 Å². The number of likely N-dealkylation sites (N-methyl/N-ethyl adjacent to an activating group) is 1. The Hall–Kier alpha value is -2.21. The van der Waals surface area contributed by atoms with Crippen molar-refractivity contribution in [2.75, 3.05) is 18.5 Å². The fourth-order valence-electron chi connectivity index (χ4n) is 4.39. The topological polar surface area (TPSA) is 41.6 Å². The van der Waals surface area contributed by atoms with Gasteiger partial charge in [-0.05, 0) is 45.0 Å². The molecule has 0 bridgehead atoms. The number of benzene rings is 1. The van der Waals surface area contributed by atoms with Crippen molar-refractivity contribution in [3.05, 3.63) is 53.3 Å². The van der Waals surface area contributed by atoms with Crippen molar-refractivity contribution < 1.29 is 18.3 Å². The van der Waals surface area contributed by atoms with Crippen molar-refractivity contribution in [3.63, 3.8) is 0 Å². The molecule has 1 aliphatic carbocycles. The zero-order valence-electron chi connectivity index (χ0n) is 15.1. The average Bonchev–Trinajstić information content (AvgIpc) is 3.05. The molecule has 0 spiro atoms. The van der Waals surface area contributed by atoms with Crippen molar-refractivity contribution in [3.8, 4) is 0 Å². The monoisotopic (exact) mass is 360 g/mol. The maximum Gasteiger partial charge on any atom is 0.237 e. The van der Waals surface area contributed by atoms with Gasteiger partial charge in [-0.1, -0.05) is 18.2 Å². The normalized spacial score (nSPS) is 29.0. The molecule has 1 amide bonds. The molecule has 4 rings (SSSR count). The van der Waals surface area contributed by atoms with Gasteiger partial charge >= 0.3 is 0 Å². The molecule has 3 atom stereocenters. The number of carbonyl (C=O) groups excluding carboxylic acids is 1. The maximum absolute atomic E-state index is 14.8. The third-order valence-electron chi connectivity index (χ3n) is 5.66. The number of nitrogens with zero attached hydrogens (tertiary/aromatic N) is 1. The number of halogens is 2. The summed E-state index contributed by atoms with van der Waals surface area (Å²) in [5, 5.41) is 3.04. The molecule has 0 saturated carbocycles. The lowest BCUT2D eigenvalue weighted by molar-refractivity contribution is -0.123. The number of ether oxygens (including phenoxy) is 1. The maximum atomic E-state index is 14.8. The van der Waals surface area contributed by atoms with Gasteiger partial charge in [0.1, 0.15) is 17.7 Å². The summed E-state index contributed by atoms with van der Waals surface area (Å²) in [5.41, 5.74) is 0.125. The minimum Gasteiger partial charge on any atom is -0.488 e. The number of rotatable bonds is 3. The first-order chi connectivity index (χ1) is 12.4. The molecule has 0 aromatic heterocycles. The van der Waals surface area contributed by atoms with Gasteiger partial charge in [-0.3, -0.25) is 4.79 Å². The Morgan fingerprint density at radius 2 is 2.12 bits per heavy atom. The molecule has 1 N–H and O–H groups in total. The zero-order valence-corrected chi connectivity index (χ0v) is 15.1. The number of para-hydroxylation sites is 1. The summed E-state index contributed by atoms with van der Waals surface area (Å²) < 4.78 is 35.0. The van der Waals surface area contributed by atoms with Gasteiger partial charge in [0.2, 0.25) is 5.91 Å². The highest BCUT2D eigenvalue weighted by atomic mass is 19.1. The molecule has 26 heavy (non-hydrogen) atoms. The smallest absolute Gasteiger partial charge is 0.237 e. The molecule has 6 heteroatoms. The van der Waals surface area contributed by atoms with Crippen LogP contribution in [0.25, 0.3) is 0 Å². The Morgan fingerprint density at radius 1 is 1.35 bits per heavy atom. The van der Waals surface area contributed by atoms with Crippen molar-refractivity contribution in [1.82, 2.24) is 5.32 Å². The van der Waals surface area contributed by atoms with Crippen LogP contribution in [0, 0.1) is 11.7 Å². The predicted molar refractivity (Wildman–Crippen MR) is 94.9 cm³/mol. The minimum absolute atomic E-state index is 0.177. The van der Waals surface area contributed by atoms with E-state index in [1.165, 1.54) is 17.0 Å². The molecule has 2 heterocycles. The lowest BCUT2D eigenvalue weighted by atomic mass is 9.86. The minimum atomic E-state index is -0.836. The Labute approximate surface area is 151 Å².